The minimum Gasteiger partial charge on any atom is -0.493 e. The average Bonchev–Trinajstić information content (AvgIpc) is 2.91. The van der Waals surface area contributed by atoms with E-state index in [1.54, 1.807) is 20.4 Å². The van der Waals surface area contributed by atoms with Crippen LogP contribution in [0.15, 0.2) is 6.20 Å². The van der Waals surface area contributed by atoms with E-state index in [0.29, 0.717) is 0 Å². The zero-order valence-corrected chi connectivity index (χ0v) is 13.1. The fourth-order valence-corrected chi connectivity index (χ4v) is 3.26. The van der Waals surface area contributed by atoms with Gasteiger partial charge in [0.05, 0.1) is 24.9 Å². The van der Waals surface area contributed by atoms with Gasteiger partial charge in [-0.2, -0.15) is 5.10 Å². The quantitative estimate of drug-likeness (QED) is 0.901. The maximum absolute atomic E-state index is 6.61. The predicted octanol–water partition coefficient (Wildman–Crippen LogP) is 2.82. The lowest BCUT2D eigenvalue weighted by atomic mass is 9.78. The van der Waals surface area contributed by atoms with Crippen LogP contribution in [0.25, 0.3) is 0 Å². The van der Waals surface area contributed by atoms with Crippen molar-refractivity contribution in [1.29, 1.82) is 0 Å². The number of aromatic nitrogens is 2. The molecule has 2 N–H and O–H groups in total. The Hall–Kier alpha value is -1.07. The molecule has 1 heterocycles. The highest BCUT2D eigenvalue weighted by molar-refractivity contribution is 5.31. The van der Waals surface area contributed by atoms with Crippen LogP contribution in [-0.2, 0) is 4.74 Å². The van der Waals surface area contributed by atoms with E-state index in [2.05, 4.69) is 18.9 Å². The molecule has 0 bridgehead atoms. The lowest BCUT2D eigenvalue weighted by Crippen LogP contribution is -2.45. The number of nitrogens with zero attached hydrogens (tertiary/aromatic N) is 2. The number of nitrogens with two attached hydrogens (primary N) is 1. The van der Waals surface area contributed by atoms with Gasteiger partial charge in [-0.25, -0.2) is 0 Å². The second-order valence-electron chi connectivity index (χ2n) is 5.94. The maximum atomic E-state index is 6.61. The van der Waals surface area contributed by atoms with Crippen LogP contribution in [0.4, 0.5) is 0 Å². The van der Waals surface area contributed by atoms with E-state index < -0.39 is 0 Å². The second kappa shape index (κ2) is 6.14. The fraction of sp³-hybridized carbons (Fsp3) is 0.800. The van der Waals surface area contributed by atoms with Crippen LogP contribution in [0, 0.1) is 0 Å². The third kappa shape index (κ3) is 2.56. The normalized spacial score (nSPS) is 20.1. The summed E-state index contributed by atoms with van der Waals surface area (Å²) in [4.78, 5) is 0. The average molecular weight is 281 g/mol. The summed E-state index contributed by atoms with van der Waals surface area (Å²) in [5.74, 6) is 0.758. The minimum atomic E-state index is -0.293. The van der Waals surface area contributed by atoms with Crippen molar-refractivity contribution < 1.29 is 9.47 Å². The van der Waals surface area contributed by atoms with Gasteiger partial charge in [-0.05, 0) is 26.7 Å². The Morgan fingerprint density at radius 2 is 1.90 bits per heavy atom. The lowest BCUT2D eigenvalue weighted by molar-refractivity contribution is -0.0618. The molecule has 1 unspecified atom stereocenters. The van der Waals surface area contributed by atoms with Crippen LogP contribution >= 0.6 is 0 Å². The van der Waals surface area contributed by atoms with Crippen molar-refractivity contribution in [2.24, 2.45) is 5.73 Å². The first-order chi connectivity index (χ1) is 9.55. The first-order valence-electron chi connectivity index (χ1n) is 7.48. The Balaban J connectivity index is 2.40. The van der Waals surface area contributed by atoms with Crippen molar-refractivity contribution in [3.63, 3.8) is 0 Å². The Kier molecular flexibility index (Phi) is 4.70. The van der Waals surface area contributed by atoms with E-state index in [0.717, 1.165) is 24.3 Å². The highest BCUT2D eigenvalue weighted by Gasteiger charge is 2.42. The van der Waals surface area contributed by atoms with Crippen LogP contribution in [0.1, 0.15) is 63.7 Å². The third-order valence-electron chi connectivity index (χ3n) is 4.48. The van der Waals surface area contributed by atoms with Crippen molar-refractivity contribution >= 4 is 0 Å². The van der Waals surface area contributed by atoms with Crippen LogP contribution in [-0.4, -0.2) is 29.6 Å². The summed E-state index contributed by atoms with van der Waals surface area (Å²) in [7, 11) is 3.44. The predicted molar refractivity (Wildman–Crippen MR) is 78.9 cm³/mol. The number of hydrogen-bond donors (Lipinski definition) is 1. The molecule has 20 heavy (non-hydrogen) atoms. The SMILES string of the molecule is COc1cnn(C(C)C)c1C(N)C1(OC)CCCCC1. The van der Waals surface area contributed by atoms with Crippen LogP contribution in [0.5, 0.6) is 5.75 Å². The Bertz CT molecular complexity index is 436. The molecule has 0 radical (unpaired) electrons. The molecule has 0 saturated heterocycles. The van der Waals surface area contributed by atoms with E-state index in [1.807, 2.05) is 4.68 Å². The monoisotopic (exact) mass is 281 g/mol. The molecule has 1 saturated carbocycles. The first kappa shape index (κ1) is 15.3. The zero-order chi connectivity index (χ0) is 14.8. The van der Waals surface area contributed by atoms with E-state index >= 15 is 0 Å². The summed E-state index contributed by atoms with van der Waals surface area (Å²) in [6, 6.07) is 0.0325. The molecular weight excluding hydrogens is 254 g/mol. The molecule has 0 spiro atoms. The number of hydrogen-bond acceptors (Lipinski definition) is 4. The Morgan fingerprint density at radius 1 is 1.25 bits per heavy atom. The van der Waals surface area contributed by atoms with Crippen LogP contribution in [0.3, 0.4) is 0 Å². The Morgan fingerprint density at radius 3 is 2.40 bits per heavy atom. The molecule has 5 nitrogen and oxygen atoms in total. The number of rotatable bonds is 5. The highest BCUT2D eigenvalue weighted by Crippen LogP contribution is 2.42. The molecule has 114 valence electrons. The summed E-state index contributed by atoms with van der Waals surface area (Å²) in [6.07, 6.45) is 7.34. The minimum absolute atomic E-state index is 0.215. The smallest absolute Gasteiger partial charge is 0.161 e. The van der Waals surface area contributed by atoms with Crippen molar-refractivity contribution in [3.8, 4) is 5.75 Å². The van der Waals surface area contributed by atoms with Gasteiger partial charge in [0.1, 0.15) is 5.69 Å². The van der Waals surface area contributed by atoms with Crippen molar-refractivity contribution in [2.45, 2.75) is 63.6 Å². The molecule has 1 aromatic rings. The summed E-state index contributed by atoms with van der Waals surface area (Å²) in [5.41, 5.74) is 7.27. The van der Waals surface area contributed by atoms with Crippen molar-refractivity contribution in [3.05, 3.63) is 11.9 Å². The molecule has 2 rings (SSSR count). The van der Waals surface area contributed by atoms with Gasteiger partial charge in [-0.1, -0.05) is 19.3 Å². The van der Waals surface area contributed by atoms with E-state index in [4.69, 9.17) is 15.2 Å². The lowest BCUT2D eigenvalue weighted by Gasteiger charge is -2.41. The molecule has 0 aromatic carbocycles. The van der Waals surface area contributed by atoms with E-state index in [1.165, 1.54) is 19.3 Å². The zero-order valence-electron chi connectivity index (χ0n) is 13.1. The highest BCUT2D eigenvalue weighted by atomic mass is 16.5. The number of methoxy groups -OCH3 is 2. The number of ether oxygens (including phenoxy) is 2. The second-order valence-corrected chi connectivity index (χ2v) is 5.94. The van der Waals surface area contributed by atoms with Crippen LogP contribution in [0.2, 0.25) is 0 Å². The molecule has 1 aliphatic rings. The molecule has 1 atom stereocenters. The maximum Gasteiger partial charge on any atom is 0.161 e. The van der Waals surface area contributed by atoms with Gasteiger partial charge in [-0.3, -0.25) is 4.68 Å². The summed E-state index contributed by atoms with van der Waals surface area (Å²) >= 11 is 0. The first-order valence-corrected chi connectivity index (χ1v) is 7.48. The largest absolute Gasteiger partial charge is 0.493 e. The summed E-state index contributed by atoms with van der Waals surface area (Å²) in [5, 5.41) is 4.42. The van der Waals surface area contributed by atoms with E-state index in [9.17, 15) is 0 Å². The van der Waals surface area contributed by atoms with E-state index in [-0.39, 0.29) is 17.7 Å². The molecule has 0 aliphatic heterocycles. The van der Waals surface area contributed by atoms with Gasteiger partial charge in [0.15, 0.2) is 5.75 Å². The Labute approximate surface area is 121 Å². The molecular formula is C15H27N3O2. The molecule has 5 heteroatoms. The summed E-state index contributed by atoms with van der Waals surface area (Å²) in [6.45, 7) is 4.20. The van der Waals surface area contributed by atoms with Gasteiger partial charge in [0, 0.05) is 13.2 Å². The van der Waals surface area contributed by atoms with Gasteiger partial charge in [0.25, 0.3) is 0 Å². The van der Waals surface area contributed by atoms with Crippen molar-refractivity contribution in [1.82, 2.24) is 9.78 Å². The van der Waals surface area contributed by atoms with Gasteiger partial charge >= 0.3 is 0 Å². The van der Waals surface area contributed by atoms with Crippen LogP contribution < -0.4 is 10.5 Å². The van der Waals surface area contributed by atoms with Gasteiger partial charge in [0.2, 0.25) is 0 Å². The summed E-state index contributed by atoms with van der Waals surface area (Å²) < 4.78 is 13.3. The topological polar surface area (TPSA) is 62.3 Å². The molecule has 1 aromatic heterocycles. The fourth-order valence-electron chi connectivity index (χ4n) is 3.26. The standard InChI is InChI=1S/C15H27N3O2/c1-11(2)18-13(12(19-3)10-17-18)14(16)15(20-4)8-6-5-7-9-15/h10-11,14H,5-9,16H2,1-4H3. The molecule has 0 amide bonds. The van der Waals surface area contributed by atoms with Gasteiger partial charge < -0.3 is 15.2 Å². The third-order valence-corrected chi connectivity index (χ3v) is 4.48. The molecule has 1 fully saturated rings. The van der Waals surface area contributed by atoms with Crippen molar-refractivity contribution in [2.75, 3.05) is 14.2 Å². The molecule has 1 aliphatic carbocycles. The van der Waals surface area contributed by atoms with Gasteiger partial charge in [-0.15, -0.1) is 0 Å².